The Hall–Kier alpha value is -2.29. The zero-order valence-corrected chi connectivity index (χ0v) is 50.9. The van der Waals surface area contributed by atoms with Crippen LogP contribution in [0.4, 0.5) is 0 Å². The number of ether oxygens (including phenoxy) is 1. The molecule has 0 aliphatic rings. The Morgan fingerprint density at radius 1 is 0.467 bits per heavy atom. The number of hydrogen-bond donors (Lipinski definition) is 2. The van der Waals surface area contributed by atoms with E-state index in [9.17, 15) is 19.0 Å². The van der Waals surface area contributed by atoms with Crippen molar-refractivity contribution in [2.24, 2.45) is 0 Å². The van der Waals surface area contributed by atoms with Gasteiger partial charge in [0.1, 0.15) is 19.3 Å². The number of amides is 1. The first-order valence-electron chi connectivity index (χ1n) is 31.6. The van der Waals surface area contributed by atoms with Crippen LogP contribution in [0.15, 0.2) is 60.8 Å². The third-order valence-electron chi connectivity index (χ3n) is 13.9. The van der Waals surface area contributed by atoms with Gasteiger partial charge in [0.2, 0.25) is 5.91 Å². The molecule has 0 saturated heterocycles. The van der Waals surface area contributed by atoms with Crippen LogP contribution in [-0.4, -0.2) is 74.3 Å². The molecule has 75 heavy (non-hydrogen) atoms. The second-order valence-electron chi connectivity index (χ2n) is 22.6. The molecule has 0 bridgehead atoms. The number of phosphoric acid groups is 1. The summed E-state index contributed by atoms with van der Waals surface area (Å²) in [5, 5.41) is 3.04. The number of nitrogens with one attached hydrogen (secondary N) is 1. The summed E-state index contributed by atoms with van der Waals surface area (Å²) in [7, 11) is 1.49. The van der Waals surface area contributed by atoms with Gasteiger partial charge >= 0.3 is 13.8 Å². The minimum Gasteiger partial charge on any atom is -0.456 e. The molecule has 0 rings (SSSR count). The van der Waals surface area contributed by atoms with Gasteiger partial charge in [-0.2, -0.15) is 0 Å². The molecule has 2 N–H and O–H groups in total. The number of carbonyl (C=O) groups excluding carboxylic acids is 2. The molecule has 0 aliphatic carbocycles. The fraction of sp³-hybridized carbons (Fsp3) is 0.815. The summed E-state index contributed by atoms with van der Waals surface area (Å²) in [4.78, 5) is 37.6. The van der Waals surface area contributed by atoms with Gasteiger partial charge in [0.25, 0.3) is 0 Å². The Balaban J connectivity index is 5.08. The van der Waals surface area contributed by atoms with E-state index < -0.39 is 20.0 Å². The average Bonchev–Trinajstić information content (AvgIpc) is 3.37. The Morgan fingerprint density at radius 2 is 0.813 bits per heavy atom. The first-order chi connectivity index (χ1) is 36.4. The lowest BCUT2D eigenvalue weighted by Gasteiger charge is -2.27. The quantitative estimate of drug-likeness (QED) is 0.0205. The molecule has 0 saturated carbocycles. The molecule has 0 spiro atoms. The van der Waals surface area contributed by atoms with Crippen molar-refractivity contribution in [2.75, 3.05) is 40.9 Å². The molecule has 0 heterocycles. The number of esters is 1. The number of allylic oxidation sites excluding steroid dienone is 9. The lowest BCUT2D eigenvalue weighted by molar-refractivity contribution is -0.870. The van der Waals surface area contributed by atoms with Gasteiger partial charge < -0.3 is 19.4 Å². The van der Waals surface area contributed by atoms with Gasteiger partial charge in [0, 0.05) is 12.8 Å². The van der Waals surface area contributed by atoms with Crippen LogP contribution in [0.3, 0.4) is 0 Å². The number of nitrogens with zero attached hydrogens (tertiary/aromatic N) is 1. The number of hydrogen-bond acceptors (Lipinski definition) is 6. The van der Waals surface area contributed by atoms with E-state index >= 15 is 0 Å². The maximum atomic E-state index is 13.5. The van der Waals surface area contributed by atoms with Gasteiger partial charge in [-0.25, -0.2) is 4.57 Å². The number of rotatable bonds is 57. The van der Waals surface area contributed by atoms with Crippen molar-refractivity contribution in [2.45, 2.75) is 303 Å². The fourth-order valence-electron chi connectivity index (χ4n) is 9.00. The van der Waals surface area contributed by atoms with Crippen LogP contribution >= 0.6 is 7.82 Å². The largest absolute Gasteiger partial charge is 0.472 e. The van der Waals surface area contributed by atoms with E-state index in [0.717, 1.165) is 83.5 Å². The molecule has 3 unspecified atom stereocenters. The smallest absolute Gasteiger partial charge is 0.456 e. The Morgan fingerprint density at radius 3 is 1.27 bits per heavy atom. The van der Waals surface area contributed by atoms with E-state index in [0.29, 0.717) is 17.4 Å². The monoisotopic (exact) mass is 1070 g/mol. The molecule has 3 atom stereocenters. The Kier molecular flexibility index (Phi) is 53.4. The summed E-state index contributed by atoms with van der Waals surface area (Å²) >= 11 is 0. The van der Waals surface area contributed by atoms with Crippen molar-refractivity contribution in [1.29, 1.82) is 0 Å². The van der Waals surface area contributed by atoms with Crippen LogP contribution in [0.25, 0.3) is 0 Å². The Labute approximate surface area is 464 Å². The SMILES string of the molecule is CCCCC/C=C\C/C=C\C/C=C\CCCCCCCCCCCCCCC(=O)OC(/C=C\CCCCCCCCCCC)C(COP(=O)(O)OCC[N+](C)(C)C)NC(=O)CCCCC/C=C\CCCCCCCC. The highest BCUT2D eigenvalue weighted by Crippen LogP contribution is 2.43. The summed E-state index contributed by atoms with van der Waals surface area (Å²) in [6.07, 6.45) is 69.4. The van der Waals surface area contributed by atoms with Crippen LogP contribution < -0.4 is 5.32 Å². The number of carbonyl (C=O) groups is 2. The summed E-state index contributed by atoms with van der Waals surface area (Å²) < 4.78 is 30.6. The number of unbranched alkanes of at least 4 members (excludes halogenated alkanes) is 33. The minimum atomic E-state index is -4.45. The van der Waals surface area contributed by atoms with Crippen molar-refractivity contribution >= 4 is 19.7 Å². The van der Waals surface area contributed by atoms with E-state index in [-0.39, 0.29) is 31.5 Å². The van der Waals surface area contributed by atoms with E-state index in [1.165, 1.54) is 173 Å². The number of phosphoric ester groups is 1. The second-order valence-corrected chi connectivity index (χ2v) is 24.0. The second kappa shape index (κ2) is 55.0. The van der Waals surface area contributed by atoms with Crippen molar-refractivity contribution in [3.05, 3.63) is 60.8 Å². The summed E-state index contributed by atoms with van der Waals surface area (Å²) in [5.41, 5.74) is 0. The highest BCUT2D eigenvalue weighted by atomic mass is 31.2. The highest BCUT2D eigenvalue weighted by molar-refractivity contribution is 7.47. The van der Waals surface area contributed by atoms with Gasteiger partial charge in [-0.3, -0.25) is 18.6 Å². The van der Waals surface area contributed by atoms with Crippen LogP contribution in [0, 0.1) is 0 Å². The number of likely N-dealkylation sites (N-methyl/N-ethyl adjacent to an activating group) is 1. The lowest BCUT2D eigenvalue weighted by atomic mass is 10.0. The van der Waals surface area contributed by atoms with Crippen molar-refractivity contribution in [1.82, 2.24) is 5.32 Å². The van der Waals surface area contributed by atoms with Crippen molar-refractivity contribution in [3.8, 4) is 0 Å². The van der Waals surface area contributed by atoms with Crippen molar-refractivity contribution in [3.63, 3.8) is 0 Å². The van der Waals surface area contributed by atoms with E-state index in [1.807, 2.05) is 33.3 Å². The first kappa shape index (κ1) is 72.7. The molecule has 10 heteroatoms. The predicted molar refractivity (Wildman–Crippen MR) is 323 cm³/mol. The molecule has 438 valence electrons. The third-order valence-corrected chi connectivity index (χ3v) is 14.9. The third kappa shape index (κ3) is 56.2. The van der Waals surface area contributed by atoms with E-state index in [1.54, 1.807) is 0 Å². The van der Waals surface area contributed by atoms with Gasteiger partial charge in [-0.1, -0.05) is 242 Å². The van der Waals surface area contributed by atoms with Crippen LogP contribution in [0.5, 0.6) is 0 Å². The molecule has 0 aromatic rings. The van der Waals surface area contributed by atoms with Crippen LogP contribution in [0.1, 0.15) is 290 Å². The lowest BCUT2D eigenvalue weighted by Crippen LogP contribution is -2.47. The fourth-order valence-corrected chi connectivity index (χ4v) is 9.74. The zero-order chi connectivity index (χ0) is 55.0. The summed E-state index contributed by atoms with van der Waals surface area (Å²) in [6.45, 7) is 6.97. The molecule has 0 aromatic carbocycles. The molecular weight excluding hydrogens is 952 g/mol. The summed E-state index contributed by atoms with van der Waals surface area (Å²) in [5.74, 6) is -0.521. The standard InChI is InChI=1S/C65H121N2O7P/c1-7-10-13-16-19-22-25-27-28-29-30-31-32-33-34-35-36-37-38-40-43-46-49-52-55-58-65(69)74-63(56-53-50-47-44-41-24-21-18-15-12-9-3)62(61-73-75(70,71)72-60-59-67(4,5)6)66-64(68)57-54-51-48-45-42-39-26-23-20-17-14-11-8-2/h19,22,27-28,30-31,39,42,53,56,62-63H,7-18,20-21,23-26,29,32-38,40-41,43-52,54-55,57-61H2,1-6H3,(H-,66,68,70,71)/p+1/b22-19-,28-27-,31-30-,42-39-,56-53-. The topological polar surface area (TPSA) is 111 Å². The van der Waals surface area contributed by atoms with E-state index in [2.05, 4.69) is 74.7 Å². The zero-order valence-electron chi connectivity index (χ0n) is 50.0. The molecule has 0 aliphatic heterocycles. The van der Waals surface area contributed by atoms with Gasteiger partial charge in [0.05, 0.1) is 33.8 Å². The van der Waals surface area contributed by atoms with Gasteiger partial charge in [-0.15, -0.1) is 0 Å². The van der Waals surface area contributed by atoms with Gasteiger partial charge in [-0.05, 0) is 96.0 Å². The highest BCUT2D eigenvalue weighted by Gasteiger charge is 2.30. The van der Waals surface area contributed by atoms with Crippen molar-refractivity contribution < 1.29 is 37.3 Å². The maximum absolute atomic E-state index is 13.5. The van der Waals surface area contributed by atoms with Crippen LogP contribution in [0.2, 0.25) is 0 Å². The molecule has 9 nitrogen and oxygen atoms in total. The first-order valence-corrected chi connectivity index (χ1v) is 33.1. The van der Waals surface area contributed by atoms with Crippen LogP contribution in [-0.2, 0) is 27.9 Å². The average molecular weight is 1070 g/mol. The summed E-state index contributed by atoms with van der Waals surface area (Å²) in [6, 6.07) is -0.856. The van der Waals surface area contributed by atoms with Gasteiger partial charge in [0.15, 0.2) is 0 Å². The molecule has 0 fully saturated rings. The maximum Gasteiger partial charge on any atom is 0.472 e. The van der Waals surface area contributed by atoms with E-state index in [4.69, 9.17) is 13.8 Å². The number of quaternary nitrogens is 1. The minimum absolute atomic E-state index is 0.0368. The Bertz CT molecular complexity index is 1470. The predicted octanol–water partition coefficient (Wildman–Crippen LogP) is 19.4. The molecule has 0 aromatic heterocycles. The molecule has 1 amide bonds. The molecule has 0 radical (unpaired) electrons. The molecular formula is C65H122N2O7P+. The normalized spacial score (nSPS) is 14.1.